The van der Waals surface area contributed by atoms with E-state index in [1.165, 1.54) is 32.1 Å². The zero-order chi connectivity index (χ0) is 20.9. The first-order chi connectivity index (χ1) is 13.2. The zero-order valence-electron chi connectivity index (χ0n) is 18.7. The Bertz CT molecular complexity index is 527. The van der Waals surface area contributed by atoms with Crippen molar-refractivity contribution < 1.29 is 19.4 Å². The minimum absolute atomic E-state index is 0.267. The summed E-state index contributed by atoms with van der Waals surface area (Å²) >= 11 is 0. The lowest BCUT2D eigenvalue weighted by molar-refractivity contribution is -0.163. The molecule has 2 fully saturated rings. The molecule has 0 aromatic rings. The highest BCUT2D eigenvalue weighted by atomic mass is 16.5. The van der Waals surface area contributed by atoms with Crippen molar-refractivity contribution in [2.75, 3.05) is 6.61 Å². The van der Waals surface area contributed by atoms with Gasteiger partial charge in [-0.25, -0.2) is 0 Å². The summed E-state index contributed by atoms with van der Waals surface area (Å²) in [6.45, 7) is 11.9. The molecule has 0 bridgehead atoms. The van der Waals surface area contributed by atoms with Crippen LogP contribution in [0.15, 0.2) is 0 Å². The van der Waals surface area contributed by atoms with Crippen LogP contribution in [0, 0.1) is 40.9 Å². The standard InChI is InChI=1S/C24H42O4/c1-6-8-9-21-17(11-12-18(7-2)24(21,4)5)15-28-23(27)19-13-10-16(3)14-20(19)22(25)26/h16-21H,6-15H2,1-5H3,(H,25,26). The SMILES string of the molecule is CCCCC1C(COC(=O)C2CCC(C)CC2C(=O)O)CCC(CC)C1(C)C. The highest BCUT2D eigenvalue weighted by Crippen LogP contribution is 2.51. The van der Waals surface area contributed by atoms with Crippen LogP contribution in [0.5, 0.6) is 0 Å². The molecule has 0 aliphatic heterocycles. The number of carbonyl (C=O) groups is 2. The number of unbranched alkanes of at least 4 members (excludes halogenated alkanes) is 1. The molecule has 2 rings (SSSR count). The van der Waals surface area contributed by atoms with Gasteiger partial charge in [0.25, 0.3) is 0 Å². The molecule has 162 valence electrons. The molecule has 6 unspecified atom stereocenters. The first-order valence-electron chi connectivity index (χ1n) is 11.6. The summed E-state index contributed by atoms with van der Waals surface area (Å²) < 4.78 is 5.81. The molecule has 0 aromatic carbocycles. The van der Waals surface area contributed by atoms with Crippen molar-refractivity contribution in [2.24, 2.45) is 40.9 Å². The van der Waals surface area contributed by atoms with Crippen LogP contribution in [0.3, 0.4) is 0 Å². The Morgan fingerprint density at radius 2 is 1.79 bits per heavy atom. The van der Waals surface area contributed by atoms with E-state index in [4.69, 9.17) is 4.74 Å². The minimum Gasteiger partial charge on any atom is -0.481 e. The summed E-state index contributed by atoms with van der Waals surface area (Å²) in [4.78, 5) is 24.4. The number of carboxylic acid groups (broad SMARTS) is 1. The fourth-order valence-corrected chi connectivity index (χ4v) is 6.09. The van der Waals surface area contributed by atoms with Gasteiger partial charge in [0.1, 0.15) is 0 Å². The summed E-state index contributed by atoms with van der Waals surface area (Å²) in [5, 5.41) is 9.55. The molecule has 0 aromatic heterocycles. The van der Waals surface area contributed by atoms with Gasteiger partial charge in [-0.2, -0.15) is 0 Å². The number of carboxylic acids is 1. The topological polar surface area (TPSA) is 63.6 Å². The Hall–Kier alpha value is -1.06. The minimum atomic E-state index is -0.848. The lowest BCUT2D eigenvalue weighted by Gasteiger charge is -2.49. The number of esters is 1. The van der Waals surface area contributed by atoms with Crippen LogP contribution in [0.4, 0.5) is 0 Å². The normalized spacial score (nSPS) is 35.3. The molecule has 1 N–H and O–H groups in total. The number of hydrogen-bond acceptors (Lipinski definition) is 3. The molecular weight excluding hydrogens is 352 g/mol. The molecule has 6 atom stereocenters. The Kier molecular flexibility index (Phi) is 8.39. The molecule has 0 saturated heterocycles. The fourth-order valence-electron chi connectivity index (χ4n) is 6.09. The molecule has 2 aliphatic rings. The van der Waals surface area contributed by atoms with E-state index >= 15 is 0 Å². The molecule has 2 saturated carbocycles. The highest BCUT2D eigenvalue weighted by molar-refractivity contribution is 5.81. The van der Waals surface area contributed by atoms with Crippen molar-refractivity contribution in [2.45, 2.75) is 92.4 Å². The number of hydrogen-bond donors (Lipinski definition) is 1. The van der Waals surface area contributed by atoms with Crippen LogP contribution < -0.4 is 0 Å². The average molecular weight is 395 g/mol. The number of carbonyl (C=O) groups excluding carboxylic acids is 1. The summed E-state index contributed by atoms with van der Waals surface area (Å²) in [6.07, 6.45) is 9.28. The van der Waals surface area contributed by atoms with E-state index in [0.29, 0.717) is 37.2 Å². The predicted molar refractivity (Wildman–Crippen MR) is 112 cm³/mol. The molecule has 2 aliphatic carbocycles. The van der Waals surface area contributed by atoms with Gasteiger partial charge in [0, 0.05) is 0 Å². The smallest absolute Gasteiger partial charge is 0.309 e. The van der Waals surface area contributed by atoms with Gasteiger partial charge in [-0.15, -0.1) is 0 Å². The second-order valence-corrected chi connectivity index (χ2v) is 10.1. The third kappa shape index (κ3) is 5.30. The zero-order valence-corrected chi connectivity index (χ0v) is 18.7. The second-order valence-electron chi connectivity index (χ2n) is 10.1. The Morgan fingerprint density at radius 3 is 2.39 bits per heavy atom. The van der Waals surface area contributed by atoms with Gasteiger partial charge >= 0.3 is 11.9 Å². The first-order valence-corrected chi connectivity index (χ1v) is 11.6. The Morgan fingerprint density at radius 1 is 1.07 bits per heavy atom. The van der Waals surface area contributed by atoms with Crippen molar-refractivity contribution in [1.82, 2.24) is 0 Å². The maximum absolute atomic E-state index is 12.8. The molecule has 28 heavy (non-hydrogen) atoms. The van der Waals surface area contributed by atoms with Crippen molar-refractivity contribution in [3.05, 3.63) is 0 Å². The van der Waals surface area contributed by atoms with Crippen LogP contribution in [0.1, 0.15) is 92.4 Å². The van der Waals surface area contributed by atoms with E-state index in [1.54, 1.807) is 0 Å². The monoisotopic (exact) mass is 394 g/mol. The fraction of sp³-hybridized carbons (Fsp3) is 0.917. The maximum Gasteiger partial charge on any atom is 0.309 e. The maximum atomic E-state index is 12.8. The largest absolute Gasteiger partial charge is 0.481 e. The van der Waals surface area contributed by atoms with Gasteiger partial charge in [0.05, 0.1) is 18.4 Å². The van der Waals surface area contributed by atoms with E-state index in [1.807, 2.05) is 0 Å². The van der Waals surface area contributed by atoms with Gasteiger partial charge in [-0.3, -0.25) is 9.59 Å². The van der Waals surface area contributed by atoms with E-state index in [9.17, 15) is 14.7 Å². The molecular formula is C24H42O4. The van der Waals surface area contributed by atoms with E-state index < -0.39 is 17.8 Å². The third-order valence-corrected chi connectivity index (χ3v) is 8.00. The number of rotatable bonds is 8. The lowest BCUT2D eigenvalue weighted by Crippen LogP contribution is -2.44. The average Bonchev–Trinajstić information content (AvgIpc) is 2.64. The molecule has 0 radical (unpaired) electrons. The lowest BCUT2D eigenvalue weighted by atomic mass is 9.56. The van der Waals surface area contributed by atoms with Crippen LogP contribution in [-0.2, 0) is 14.3 Å². The summed E-state index contributed by atoms with van der Waals surface area (Å²) in [5.74, 6) is -0.101. The van der Waals surface area contributed by atoms with Crippen molar-refractivity contribution in [3.63, 3.8) is 0 Å². The summed E-state index contributed by atoms with van der Waals surface area (Å²) in [5.41, 5.74) is 0.267. The van der Waals surface area contributed by atoms with Gasteiger partial charge < -0.3 is 9.84 Å². The number of aliphatic carboxylic acids is 1. The molecule has 0 spiro atoms. The van der Waals surface area contributed by atoms with E-state index in [2.05, 4.69) is 34.6 Å². The quantitative estimate of drug-likeness (QED) is 0.518. The van der Waals surface area contributed by atoms with Crippen molar-refractivity contribution >= 4 is 11.9 Å². The molecule has 4 heteroatoms. The van der Waals surface area contributed by atoms with Crippen LogP contribution in [0.2, 0.25) is 0 Å². The van der Waals surface area contributed by atoms with Gasteiger partial charge in [0.15, 0.2) is 0 Å². The van der Waals surface area contributed by atoms with Crippen LogP contribution >= 0.6 is 0 Å². The van der Waals surface area contributed by atoms with Gasteiger partial charge in [-0.05, 0) is 67.6 Å². The molecule has 0 heterocycles. The predicted octanol–water partition coefficient (Wildman–Crippen LogP) is 5.94. The van der Waals surface area contributed by atoms with E-state index in [-0.39, 0.29) is 11.4 Å². The number of ether oxygens (including phenoxy) is 1. The van der Waals surface area contributed by atoms with Crippen LogP contribution in [0.25, 0.3) is 0 Å². The van der Waals surface area contributed by atoms with E-state index in [0.717, 1.165) is 18.8 Å². The molecule has 4 nitrogen and oxygen atoms in total. The highest BCUT2D eigenvalue weighted by Gasteiger charge is 2.45. The Balaban J connectivity index is 2.02. The van der Waals surface area contributed by atoms with Crippen molar-refractivity contribution in [3.8, 4) is 0 Å². The van der Waals surface area contributed by atoms with Gasteiger partial charge in [0.2, 0.25) is 0 Å². The second kappa shape index (κ2) is 10.1. The summed E-state index contributed by atoms with van der Waals surface area (Å²) in [6, 6.07) is 0. The van der Waals surface area contributed by atoms with Crippen LogP contribution in [-0.4, -0.2) is 23.7 Å². The van der Waals surface area contributed by atoms with Crippen molar-refractivity contribution in [1.29, 1.82) is 0 Å². The summed E-state index contributed by atoms with van der Waals surface area (Å²) in [7, 11) is 0. The third-order valence-electron chi connectivity index (χ3n) is 8.00. The molecule has 0 amide bonds. The van der Waals surface area contributed by atoms with Gasteiger partial charge in [-0.1, -0.05) is 53.9 Å². The first kappa shape index (κ1) is 23.2. The Labute approximate surface area is 171 Å².